The molecule has 112 valence electrons. The Kier molecular flexibility index (Phi) is 5.13. The summed E-state index contributed by atoms with van der Waals surface area (Å²) >= 11 is 0. The highest BCUT2D eigenvalue weighted by Crippen LogP contribution is 2.16. The molecule has 0 radical (unpaired) electrons. The number of para-hydroxylation sites is 1. The number of amides is 1. The highest BCUT2D eigenvalue weighted by Gasteiger charge is 2.17. The summed E-state index contributed by atoms with van der Waals surface area (Å²) < 4.78 is 25.6. The Bertz CT molecular complexity index is 577. The zero-order valence-electron chi connectivity index (χ0n) is 11.9. The summed E-state index contributed by atoms with van der Waals surface area (Å²) in [7, 11) is -3.43. The topological polar surface area (TPSA) is 101 Å². The highest BCUT2D eigenvalue weighted by atomic mass is 32.2. The zero-order valence-corrected chi connectivity index (χ0v) is 12.8. The van der Waals surface area contributed by atoms with Gasteiger partial charge < -0.3 is 11.1 Å². The Morgan fingerprint density at radius 1 is 1.30 bits per heavy atom. The maximum Gasteiger partial charge on any atom is 0.253 e. The third-order valence-electron chi connectivity index (χ3n) is 2.52. The summed E-state index contributed by atoms with van der Waals surface area (Å²) in [6, 6.07) is 6.45. The van der Waals surface area contributed by atoms with Crippen molar-refractivity contribution < 1.29 is 13.2 Å². The van der Waals surface area contributed by atoms with E-state index in [0.717, 1.165) is 0 Å². The van der Waals surface area contributed by atoms with E-state index < -0.39 is 15.6 Å². The number of nitrogens with one attached hydrogen (secondary N) is 2. The normalized spacial score (nSPS) is 12.0. The Morgan fingerprint density at radius 3 is 2.45 bits per heavy atom. The lowest BCUT2D eigenvalue weighted by Gasteiger charge is -2.19. The molecule has 7 heteroatoms. The molecule has 6 nitrogen and oxygen atoms in total. The molecule has 1 amide bonds. The molecule has 0 saturated heterocycles. The van der Waals surface area contributed by atoms with Crippen molar-refractivity contribution in [2.75, 3.05) is 17.0 Å². The molecule has 20 heavy (non-hydrogen) atoms. The minimum atomic E-state index is -3.43. The van der Waals surface area contributed by atoms with Crippen LogP contribution in [0, 0.1) is 0 Å². The lowest BCUT2D eigenvalue weighted by atomic mass is 10.1. The van der Waals surface area contributed by atoms with Gasteiger partial charge in [-0.05, 0) is 32.9 Å². The van der Waals surface area contributed by atoms with Crippen LogP contribution in [-0.2, 0) is 10.0 Å². The number of carbonyl (C=O) groups is 1. The Hall–Kier alpha value is -1.60. The first kappa shape index (κ1) is 16.5. The van der Waals surface area contributed by atoms with E-state index in [2.05, 4.69) is 10.0 Å². The molecule has 0 aliphatic rings. The molecule has 1 aromatic rings. The maximum atomic E-state index is 12.1. The van der Waals surface area contributed by atoms with Gasteiger partial charge in [-0.2, -0.15) is 0 Å². The second-order valence-electron chi connectivity index (χ2n) is 5.22. The Balaban J connectivity index is 2.93. The monoisotopic (exact) mass is 299 g/mol. The summed E-state index contributed by atoms with van der Waals surface area (Å²) in [5, 5.41) is 2.68. The van der Waals surface area contributed by atoms with E-state index in [1.165, 1.54) is 6.92 Å². The number of benzene rings is 1. The van der Waals surface area contributed by atoms with Crippen molar-refractivity contribution in [2.45, 2.75) is 26.3 Å². The van der Waals surface area contributed by atoms with E-state index in [4.69, 9.17) is 5.73 Å². The largest absolute Gasteiger partial charge is 0.350 e. The predicted molar refractivity (Wildman–Crippen MR) is 80.1 cm³/mol. The quantitative estimate of drug-likeness (QED) is 0.727. The van der Waals surface area contributed by atoms with Crippen molar-refractivity contribution in [3.05, 3.63) is 29.8 Å². The van der Waals surface area contributed by atoms with Crippen LogP contribution in [0.5, 0.6) is 0 Å². The Morgan fingerprint density at radius 2 is 1.90 bits per heavy atom. The average molecular weight is 299 g/mol. The van der Waals surface area contributed by atoms with Crippen LogP contribution in [0.4, 0.5) is 5.69 Å². The Labute approximate surface area is 119 Å². The van der Waals surface area contributed by atoms with Gasteiger partial charge in [-0.3, -0.25) is 9.52 Å². The molecule has 0 unspecified atom stereocenters. The number of carbonyl (C=O) groups excluding carboxylic acids is 1. The van der Waals surface area contributed by atoms with Crippen molar-refractivity contribution in [3.8, 4) is 0 Å². The zero-order chi connectivity index (χ0) is 15.4. The van der Waals surface area contributed by atoms with E-state index in [0.29, 0.717) is 6.54 Å². The molecule has 0 aliphatic heterocycles. The molecule has 0 aliphatic carbocycles. The van der Waals surface area contributed by atoms with Crippen molar-refractivity contribution in [1.29, 1.82) is 0 Å². The second-order valence-corrected chi connectivity index (χ2v) is 7.23. The third kappa shape index (κ3) is 5.18. The second kappa shape index (κ2) is 6.23. The van der Waals surface area contributed by atoms with Crippen LogP contribution in [0.25, 0.3) is 0 Å². The minimum absolute atomic E-state index is 0.0568. The fraction of sp³-hybridized carbons (Fsp3) is 0.462. The fourth-order valence-corrected chi connectivity index (χ4v) is 2.07. The first-order chi connectivity index (χ1) is 9.14. The minimum Gasteiger partial charge on any atom is -0.350 e. The standard InChI is InChI=1S/C13H21N3O3S/c1-4-20(18,19)16-11-8-6-5-7-10(11)12(17)15-9-13(2,3)14/h5-8,16H,4,9,14H2,1-3H3,(H,15,17). The van der Waals surface area contributed by atoms with Crippen LogP contribution in [0.15, 0.2) is 24.3 Å². The summed E-state index contributed by atoms with van der Waals surface area (Å²) in [6.45, 7) is 5.40. The molecular weight excluding hydrogens is 278 g/mol. The van der Waals surface area contributed by atoms with E-state index in [1.807, 2.05) is 0 Å². The summed E-state index contributed by atoms with van der Waals surface area (Å²) in [4.78, 5) is 12.1. The van der Waals surface area contributed by atoms with Gasteiger partial charge in [0.1, 0.15) is 0 Å². The molecule has 0 heterocycles. The number of nitrogens with two attached hydrogens (primary N) is 1. The average Bonchev–Trinajstić information content (AvgIpc) is 2.35. The molecular formula is C13H21N3O3S. The first-order valence-electron chi connectivity index (χ1n) is 6.31. The predicted octanol–water partition coefficient (Wildman–Crippen LogP) is 0.915. The van der Waals surface area contributed by atoms with Crippen molar-refractivity contribution in [1.82, 2.24) is 5.32 Å². The van der Waals surface area contributed by atoms with Crippen LogP contribution >= 0.6 is 0 Å². The summed E-state index contributed by atoms with van der Waals surface area (Å²) in [5.74, 6) is -0.420. The number of hydrogen-bond donors (Lipinski definition) is 3. The number of hydrogen-bond acceptors (Lipinski definition) is 4. The molecule has 0 bridgehead atoms. The van der Waals surface area contributed by atoms with Gasteiger partial charge in [-0.25, -0.2) is 8.42 Å². The lowest BCUT2D eigenvalue weighted by Crippen LogP contribution is -2.45. The van der Waals surface area contributed by atoms with Gasteiger partial charge in [0.05, 0.1) is 17.0 Å². The van der Waals surface area contributed by atoms with Crippen LogP contribution < -0.4 is 15.8 Å². The van der Waals surface area contributed by atoms with Crippen LogP contribution in [0.2, 0.25) is 0 Å². The maximum absolute atomic E-state index is 12.1. The van der Waals surface area contributed by atoms with E-state index >= 15 is 0 Å². The van der Waals surface area contributed by atoms with Crippen LogP contribution in [0.3, 0.4) is 0 Å². The number of anilines is 1. The van der Waals surface area contributed by atoms with Gasteiger partial charge in [0, 0.05) is 12.1 Å². The molecule has 1 rings (SSSR count). The van der Waals surface area contributed by atoms with E-state index in [9.17, 15) is 13.2 Å². The van der Waals surface area contributed by atoms with E-state index in [-0.39, 0.29) is 22.9 Å². The van der Waals surface area contributed by atoms with Crippen molar-refractivity contribution in [3.63, 3.8) is 0 Å². The van der Waals surface area contributed by atoms with Gasteiger partial charge >= 0.3 is 0 Å². The van der Waals surface area contributed by atoms with Crippen LogP contribution in [-0.4, -0.2) is 32.2 Å². The van der Waals surface area contributed by atoms with Gasteiger partial charge in [-0.1, -0.05) is 12.1 Å². The van der Waals surface area contributed by atoms with Gasteiger partial charge in [0.2, 0.25) is 10.0 Å². The van der Waals surface area contributed by atoms with Crippen LogP contribution in [0.1, 0.15) is 31.1 Å². The van der Waals surface area contributed by atoms with Crippen molar-refractivity contribution >= 4 is 21.6 Å². The number of sulfonamides is 1. The molecule has 0 fully saturated rings. The van der Waals surface area contributed by atoms with Crippen molar-refractivity contribution in [2.24, 2.45) is 5.73 Å². The third-order valence-corrected chi connectivity index (χ3v) is 3.81. The summed E-state index contributed by atoms with van der Waals surface area (Å²) in [5.41, 5.74) is 5.80. The molecule has 0 saturated carbocycles. The molecule has 4 N–H and O–H groups in total. The number of rotatable bonds is 6. The SMILES string of the molecule is CCS(=O)(=O)Nc1ccccc1C(=O)NCC(C)(C)N. The smallest absolute Gasteiger partial charge is 0.253 e. The molecule has 0 aromatic heterocycles. The summed E-state index contributed by atoms with van der Waals surface area (Å²) in [6.07, 6.45) is 0. The van der Waals surface area contributed by atoms with E-state index in [1.54, 1.807) is 38.1 Å². The van der Waals surface area contributed by atoms with Gasteiger partial charge in [0.25, 0.3) is 5.91 Å². The van der Waals surface area contributed by atoms with Gasteiger partial charge in [0.15, 0.2) is 0 Å². The van der Waals surface area contributed by atoms with Gasteiger partial charge in [-0.15, -0.1) is 0 Å². The fourth-order valence-electron chi connectivity index (χ4n) is 1.41. The molecule has 1 aromatic carbocycles. The first-order valence-corrected chi connectivity index (χ1v) is 7.96. The molecule has 0 spiro atoms. The molecule has 0 atom stereocenters. The highest BCUT2D eigenvalue weighted by molar-refractivity contribution is 7.92. The lowest BCUT2D eigenvalue weighted by molar-refractivity contribution is 0.0947.